The van der Waals surface area contributed by atoms with Crippen LogP contribution in [0.4, 0.5) is 5.69 Å². The average Bonchev–Trinajstić information content (AvgIpc) is 2.76. The molecule has 1 heterocycles. The van der Waals surface area contributed by atoms with E-state index < -0.39 is 0 Å². The smallest absolute Gasteiger partial charge is 0.246 e. The molecule has 0 spiro atoms. The van der Waals surface area contributed by atoms with Gasteiger partial charge in [-0.25, -0.2) is 0 Å². The minimum atomic E-state index is -0.144. The van der Waals surface area contributed by atoms with Gasteiger partial charge in [-0.15, -0.1) is 0 Å². The van der Waals surface area contributed by atoms with Gasteiger partial charge in [0.2, 0.25) is 5.91 Å². The van der Waals surface area contributed by atoms with Crippen LogP contribution >= 0.6 is 0 Å². The van der Waals surface area contributed by atoms with Gasteiger partial charge in [0, 0.05) is 23.5 Å². The van der Waals surface area contributed by atoms with Crippen LogP contribution in [0.1, 0.15) is 5.56 Å². The van der Waals surface area contributed by atoms with Crippen LogP contribution in [0.3, 0.4) is 0 Å². The molecular formula is C23H17N3O2. The van der Waals surface area contributed by atoms with Gasteiger partial charge in [0.1, 0.15) is 6.54 Å². The van der Waals surface area contributed by atoms with Gasteiger partial charge in [-0.1, -0.05) is 30.3 Å². The van der Waals surface area contributed by atoms with Gasteiger partial charge < -0.3 is 9.47 Å². The van der Waals surface area contributed by atoms with Crippen LogP contribution in [0.5, 0.6) is 0 Å². The van der Waals surface area contributed by atoms with Crippen molar-refractivity contribution in [2.45, 2.75) is 6.54 Å². The molecule has 4 rings (SSSR count). The summed E-state index contributed by atoms with van der Waals surface area (Å²) in [4.78, 5) is 27.4. The second-order valence-corrected chi connectivity index (χ2v) is 6.56. The number of hydrogen-bond acceptors (Lipinski definition) is 3. The fraction of sp³-hybridized carbons (Fsp3) is 0.0870. The molecule has 0 unspecified atom stereocenters. The van der Waals surface area contributed by atoms with Crippen molar-refractivity contribution in [2.75, 3.05) is 11.9 Å². The highest BCUT2D eigenvalue weighted by Crippen LogP contribution is 2.21. The fourth-order valence-electron chi connectivity index (χ4n) is 3.42. The molecule has 1 aromatic heterocycles. The van der Waals surface area contributed by atoms with Gasteiger partial charge in [-0.3, -0.25) is 9.59 Å². The third-order valence-electron chi connectivity index (χ3n) is 4.91. The number of amides is 1. The summed E-state index contributed by atoms with van der Waals surface area (Å²) in [7, 11) is 1.69. The summed E-state index contributed by atoms with van der Waals surface area (Å²) >= 11 is 0. The van der Waals surface area contributed by atoms with E-state index in [1.165, 1.54) is 4.90 Å². The lowest BCUT2D eigenvalue weighted by atomic mass is 10.1. The zero-order valence-corrected chi connectivity index (χ0v) is 15.3. The average molecular weight is 367 g/mol. The van der Waals surface area contributed by atoms with E-state index in [4.69, 9.17) is 5.26 Å². The number of para-hydroxylation sites is 2. The molecular weight excluding hydrogens is 350 g/mol. The van der Waals surface area contributed by atoms with Gasteiger partial charge in [-0.2, -0.15) is 5.26 Å². The predicted octanol–water partition coefficient (Wildman–Crippen LogP) is 3.69. The molecule has 0 aliphatic heterocycles. The summed E-state index contributed by atoms with van der Waals surface area (Å²) in [6, 6.07) is 23.6. The van der Waals surface area contributed by atoms with Crippen LogP contribution in [0, 0.1) is 11.3 Å². The highest BCUT2D eigenvalue weighted by Gasteiger charge is 2.16. The Kier molecular flexibility index (Phi) is 4.38. The van der Waals surface area contributed by atoms with E-state index in [0.29, 0.717) is 22.0 Å². The summed E-state index contributed by atoms with van der Waals surface area (Å²) in [6.45, 7) is 0.0780. The van der Waals surface area contributed by atoms with E-state index in [9.17, 15) is 9.59 Å². The molecule has 5 heteroatoms. The highest BCUT2D eigenvalue weighted by molar-refractivity contribution is 5.98. The maximum Gasteiger partial charge on any atom is 0.246 e. The van der Waals surface area contributed by atoms with Gasteiger partial charge in [0.25, 0.3) is 0 Å². The summed E-state index contributed by atoms with van der Waals surface area (Å²) in [6.07, 6.45) is 0. The van der Waals surface area contributed by atoms with Gasteiger partial charge in [0.05, 0.1) is 22.7 Å². The third-order valence-corrected chi connectivity index (χ3v) is 4.91. The van der Waals surface area contributed by atoms with Crippen molar-refractivity contribution in [3.63, 3.8) is 0 Å². The fourth-order valence-corrected chi connectivity index (χ4v) is 3.42. The van der Waals surface area contributed by atoms with Crippen molar-refractivity contribution in [3.8, 4) is 6.07 Å². The molecule has 0 saturated heterocycles. The predicted molar refractivity (Wildman–Crippen MR) is 110 cm³/mol. The third kappa shape index (κ3) is 2.91. The molecule has 4 aromatic rings. The Morgan fingerprint density at radius 2 is 1.57 bits per heavy atom. The first-order valence-corrected chi connectivity index (χ1v) is 8.87. The first kappa shape index (κ1) is 17.5. The van der Waals surface area contributed by atoms with Crippen LogP contribution in [0.15, 0.2) is 77.6 Å². The minimum Gasteiger partial charge on any atom is -0.331 e. The minimum absolute atomic E-state index is 0.0371. The molecule has 28 heavy (non-hydrogen) atoms. The summed E-state index contributed by atoms with van der Waals surface area (Å²) < 4.78 is 1.87. The van der Waals surface area contributed by atoms with E-state index in [1.807, 2.05) is 41.0 Å². The van der Waals surface area contributed by atoms with Crippen molar-refractivity contribution in [2.24, 2.45) is 0 Å². The lowest BCUT2D eigenvalue weighted by Crippen LogP contribution is -2.30. The quantitative estimate of drug-likeness (QED) is 0.519. The molecule has 0 saturated carbocycles. The Morgan fingerprint density at radius 3 is 2.18 bits per heavy atom. The van der Waals surface area contributed by atoms with Gasteiger partial charge >= 0.3 is 0 Å². The lowest BCUT2D eigenvalue weighted by molar-refractivity contribution is -0.118. The highest BCUT2D eigenvalue weighted by atomic mass is 16.2. The molecule has 0 bridgehead atoms. The van der Waals surface area contributed by atoms with Crippen LogP contribution in [-0.2, 0) is 11.3 Å². The Balaban J connectivity index is 1.82. The summed E-state index contributed by atoms with van der Waals surface area (Å²) in [5.41, 5.74) is 2.55. The molecule has 0 aliphatic carbocycles. The number of nitriles is 1. The number of likely N-dealkylation sites (N-methyl/N-ethyl adjacent to an activating group) is 1. The molecule has 3 aromatic carbocycles. The number of carbonyl (C=O) groups is 1. The van der Waals surface area contributed by atoms with Crippen molar-refractivity contribution < 1.29 is 4.79 Å². The monoisotopic (exact) mass is 367 g/mol. The van der Waals surface area contributed by atoms with E-state index in [-0.39, 0.29) is 17.9 Å². The SMILES string of the molecule is CN(C(=O)Cn1c2ccccc2c(=O)c2ccccc21)c1cccc(C#N)c1. The van der Waals surface area contributed by atoms with Crippen molar-refractivity contribution in [3.05, 3.63) is 88.6 Å². The van der Waals surface area contributed by atoms with E-state index in [2.05, 4.69) is 6.07 Å². The Bertz CT molecular complexity index is 1250. The van der Waals surface area contributed by atoms with Crippen LogP contribution in [0.2, 0.25) is 0 Å². The molecule has 0 aliphatic rings. The number of carbonyl (C=O) groups excluding carboxylic acids is 1. The number of fused-ring (bicyclic) bond motifs is 2. The number of anilines is 1. The molecule has 0 N–H and O–H groups in total. The van der Waals surface area contributed by atoms with Crippen LogP contribution in [-0.4, -0.2) is 17.5 Å². The number of aromatic nitrogens is 1. The number of rotatable bonds is 3. The zero-order chi connectivity index (χ0) is 19.7. The molecule has 1 amide bonds. The van der Waals surface area contributed by atoms with Crippen molar-refractivity contribution in [1.82, 2.24) is 4.57 Å². The second kappa shape index (κ2) is 7.01. The number of hydrogen-bond donors (Lipinski definition) is 0. The van der Waals surface area contributed by atoms with Crippen molar-refractivity contribution >= 4 is 33.4 Å². The maximum atomic E-state index is 13.0. The lowest BCUT2D eigenvalue weighted by Gasteiger charge is -2.20. The molecule has 5 nitrogen and oxygen atoms in total. The maximum absolute atomic E-state index is 13.0. The first-order chi connectivity index (χ1) is 13.6. The standard InChI is InChI=1S/C23H17N3O2/c1-25(17-8-6-7-16(13-17)14-24)22(27)15-26-20-11-4-2-9-18(20)23(28)19-10-3-5-12-21(19)26/h2-13H,15H2,1H3. The molecule has 0 atom stereocenters. The Hall–Kier alpha value is -3.91. The van der Waals surface area contributed by atoms with E-state index in [0.717, 1.165) is 11.0 Å². The van der Waals surface area contributed by atoms with Gasteiger partial charge in [0.15, 0.2) is 5.43 Å². The Morgan fingerprint density at radius 1 is 0.964 bits per heavy atom. The molecule has 136 valence electrons. The molecule has 0 radical (unpaired) electrons. The van der Waals surface area contributed by atoms with E-state index in [1.54, 1.807) is 43.4 Å². The van der Waals surface area contributed by atoms with Crippen molar-refractivity contribution in [1.29, 1.82) is 5.26 Å². The zero-order valence-electron chi connectivity index (χ0n) is 15.3. The number of benzene rings is 3. The second-order valence-electron chi connectivity index (χ2n) is 6.56. The molecule has 0 fully saturated rings. The Labute approximate surface area is 161 Å². The first-order valence-electron chi connectivity index (χ1n) is 8.87. The number of nitrogens with zero attached hydrogens (tertiary/aromatic N) is 3. The summed E-state index contributed by atoms with van der Waals surface area (Å²) in [5.74, 6) is -0.144. The normalized spacial score (nSPS) is 10.7. The van der Waals surface area contributed by atoms with E-state index >= 15 is 0 Å². The van der Waals surface area contributed by atoms with Crippen LogP contribution in [0.25, 0.3) is 21.8 Å². The summed E-state index contributed by atoms with van der Waals surface area (Å²) in [5, 5.41) is 10.3. The van der Waals surface area contributed by atoms with Crippen LogP contribution < -0.4 is 10.3 Å². The van der Waals surface area contributed by atoms with Gasteiger partial charge in [-0.05, 0) is 42.5 Å². The number of pyridine rings is 1. The topological polar surface area (TPSA) is 66.1 Å². The largest absolute Gasteiger partial charge is 0.331 e.